The number of fused-ring (bicyclic) bond motifs is 1. The van der Waals surface area contributed by atoms with E-state index < -0.39 is 5.97 Å². The van der Waals surface area contributed by atoms with E-state index in [1.807, 2.05) is 0 Å². The SMILES string of the molecule is COC(=O)c1cc2cc(Cl)cc(CNC(=O)Cc3cncs3)c2nc1OC. The molecule has 2 aromatic heterocycles. The molecule has 0 saturated heterocycles. The molecule has 0 aliphatic rings. The highest BCUT2D eigenvalue weighted by Crippen LogP contribution is 2.28. The summed E-state index contributed by atoms with van der Waals surface area (Å²) in [7, 11) is 2.71. The fourth-order valence-electron chi connectivity index (χ4n) is 2.59. The van der Waals surface area contributed by atoms with Gasteiger partial charge in [-0.05, 0) is 23.8 Å². The highest BCUT2D eigenvalue weighted by molar-refractivity contribution is 7.09. The Labute approximate surface area is 164 Å². The molecule has 7 nitrogen and oxygen atoms in total. The summed E-state index contributed by atoms with van der Waals surface area (Å²) in [5, 5.41) is 3.97. The van der Waals surface area contributed by atoms with Gasteiger partial charge in [0, 0.05) is 28.0 Å². The topological polar surface area (TPSA) is 90.4 Å². The Bertz CT molecular complexity index is 992. The standard InChI is InChI=1S/C18H16ClN3O4S/c1-25-17-14(18(24)26-2)5-10-3-12(19)4-11(16(10)22-17)7-21-15(23)6-13-8-20-9-27-13/h3-5,8-9H,6-7H2,1-2H3,(H,21,23). The molecule has 0 unspecified atom stereocenters. The number of halogens is 1. The molecule has 1 aromatic carbocycles. The molecule has 0 atom stereocenters. The smallest absolute Gasteiger partial charge is 0.343 e. The minimum absolute atomic E-state index is 0.134. The molecule has 1 N–H and O–H groups in total. The third kappa shape index (κ3) is 4.35. The highest BCUT2D eigenvalue weighted by atomic mass is 35.5. The Hall–Kier alpha value is -2.71. The molecule has 0 fully saturated rings. The van der Waals surface area contributed by atoms with E-state index in [-0.39, 0.29) is 30.3 Å². The third-order valence-electron chi connectivity index (χ3n) is 3.82. The summed E-state index contributed by atoms with van der Waals surface area (Å²) in [5.41, 5.74) is 3.18. The Kier molecular flexibility index (Phi) is 5.88. The zero-order valence-electron chi connectivity index (χ0n) is 14.6. The number of amides is 1. The number of hydrogen-bond donors (Lipinski definition) is 1. The quantitative estimate of drug-likeness (QED) is 0.634. The van der Waals surface area contributed by atoms with Crippen molar-refractivity contribution < 1.29 is 19.1 Å². The van der Waals surface area contributed by atoms with Crippen LogP contribution in [0.1, 0.15) is 20.8 Å². The number of esters is 1. The van der Waals surface area contributed by atoms with Crippen molar-refractivity contribution in [3.63, 3.8) is 0 Å². The average molecular weight is 406 g/mol. The minimum Gasteiger partial charge on any atom is -0.480 e. The summed E-state index contributed by atoms with van der Waals surface area (Å²) in [6.07, 6.45) is 1.92. The van der Waals surface area contributed by atoms with Crippen LogP contribution in [0.5, 0.6) is 5.88 Å². The maximum atomic E-state index is 12.1. The molecule has 0 bridgehead atoms. The second kappa shape index (κ2) is 8.32. The molecule has 0 aliphatic heterocycles. The summed E-state index contributed by atoms with van der Waals surface area (Å²) >= 11 is 7.62. The number of nitrogens with one attached hydrogen (secondary N) is 1. The normalized spacial score (nSPS) is 10.6. The van der Waals surface area contributed by atoms with Crippen LogP contribution in [0.2, 0.25) is 5.02 Å². The number of ether oxygens (including phenoxy) is 2. The van der Waals surface area contributed by atoms with Crippen molar-refractivity contribution in [2.75, 3.05) is 14.2 Å². The summed E-state index contributed by atoms with van der Waals surface area (Å²) < 4.78 is 9.98. The van der Waals surface area contributed by atoms with E-state index in [0.717, 1.165) is 4.88 Å². The first kappa shape index (κ1) is 19.1. The van der Waals surface area contributed by atoms with E-state index in [4.69, 9.17) is 21.1 Å². The molecular formula is C18H16ClN3O4S. The van der Waals surface area contributed by atoms with Gasteiger partial charge < -0.3 is 14.8 Å². The highest BCUT2D eigenvalue weighted by Gasteiger charge is 2.18. The van der Waals surface area contributed by atoms with E-state index in [9.17, 15) is 9.59 Å². The molecule has 2 heterocycles. The number of methoxy groups -OCH3 is 2. The van der Waals surface area contributed by atoms with Crippen molar-refractivity contribution in [2.24, 2.45) is 0 Å². The Morgan fingerprint density at radius 1 is 1.26 bits per heavy atom. The molecule has 3 rings (SSSR count). The van der Waals surface area contributed by atoms with Crippen molar-refractivity contribution in [1.29, 1.82) is 0 Å². The first-order valence-corrected chi connectivity index (χ1v) is 9.17. The van der Waals surface area contributed by atoms with Gasteiger partial charge >= 0.3 is 5.97 Å². The summed E-state index contributed by atoms with van der Waals surface area (Å²) in [5.74, 6) is -0.542. The number of hydrogen-bond acceptors (Lipinski definition) is 7. The van der Waals surface area contributed by atoms with Crippen LogP contribution in [-0.2, 0) is 22.5 Å². The van der Waals surface area contributed by atoms with E-state index >= 15 is 0 Å². The molecule has 140 valence electrons. The van der Waals surface area contributed by atoms with Gasteiger partial charge in [0.1, 0.15) is 5.56 Å². The lowest BCUT2D eigenvalue weighted by molar-refractivity contribution is -0.120. The molecular weight excluding hydrogens is 390 g/mol. The van der Waals surface area contributed by atoms with Gasteiger partial charge in [-0.1, -0.05) is 11.6 Å². The van der Waals surface area contributed by atoms with Crippen LogP contribution < -0.4 is 10.1 Å². The number of carbonyl (C=O) groups is 2. The zero-order valence-corrected chi connectivity index (χ0v) is 16.2. The lowest BCUT2D eigenvalue weighted by atomic mass is 10.1. The van der Waals surface area contributed by atoms with Crippen molar-refractivity contribution in [3.05, 3.63) is 50.9 Å². The zero-order chi connectivity index (χ0) is 19.4. The van der Waals surface area contributed by atoms with Crippen LogP contribution in [0.4, 0.5) is 0 Å². The van der Waals surface area contributed by atoms with Gasteiger partial charge in [-0.25, -0.2) is 9.78 Å². The van der Waals surface area contributed by atoms with Crippen LogP contribution in [-0.4, -0.2) is 36.1 Å². The van der Waals surface area contributed by atoms with Crippen molar-refractivity contribution in [3.8, 4) is 5.88 Å². The monoisotopic (exact) mass is 405 g/mol. The fourth-order valence-corrected chi connectivity index (χ4v) is 3.44. The van der Waals surface area contributed by atoms with E-state index in [1.165, 1.54) is 25.6 Å². The Balaban J connectivity index is 1.90. The number of benzene rings is 1. The largest absolute Gasteiger partial charge is 0.480 e. The first-order chi connectivity index (χ1) is 13.0. The summed E-state index contributed by atoms with van der Waals surface area (Å²) in [4.78, 5) is 33.3. The van der Waals surface area contributed by atoms with Gasteiger partial charge in [0.05, 0.1) is 31.7 Å². The molecule has 0 aliphatic carbocycles. The fraction of sp³-hybridized carbons (Fsp3) is 0.222. The molecule has 27 heavy (non-hydrogen) atoms. The summed E-state index contributed by atoms with van der Waals surface area (Å²) in [6.45, 7) is 0.239. The number of thiazole rings is 1. The average Bonchev–Trinajstić information content (AvgIpc) is 3.17. The number of rotatable bonds is 6. The number of pyridine rings is 1. The van der Waals surface area contributed by atoms with Gasteiger partial charge in [0.15, 0.2) is 0 Å². The Morgan fingerprint density at radius 3 is 2.74 bits per heavy atom. The van der Waals surface area contributed by atoms with Crippen LogP contribution in [0.15, 0.2) is 29.9 Å². The lowest BCUT2D eigenvalue weighted by Gasteiger charge is -2.12. The van der Waals surface area contributed by atoms with Gasteiger partial charge in [0.2, 0.25) is 11.8 Å². The van der Waals surface area contributed by atoms with Crippen molar-refractivity contribution >= 4 is 45.7 Å². The van der Waals surface area contributed by atoms with Crippen LogP contribution in [0.3, 0.4) is 0 Å². The maximum absolute atomic E-state index is 12.1. The predicted molar refractivity (Wildman–Crippen MR) is 102 cm³/mol. The number of aromatic nitrogens is 2. The van der Waals surface area contributed by atoms with Gasteiger partial charge in [0.25, 0.3) is 0 Å². The van der Waals surface area contributed by atoms with Crippen LogP contribution in [0, 0.1) is 0 Å². The Morgan fingerprint density at radius 2 is 2.07 bits per heavy atom. The second-order valence-corrected chi connectivity index (χ2v) is 7.00. The van der Waals surface area contributed by atoms with Gasteiger partial charge in [-0.3, -0.25) is 9.78 Å². The molecule has 0 saturated carbocycles. The first-order valence-electron chi connectivity index (χ1n) is 7.91. The number of nitrogens with zero attached hydrogens (tertiary/aromatic N) is 2. The van der Waals surface area contributed by atoms with Gasteiger partial charge in [-0.15, -0.1) is 11.3 Å². The number of carbonyl (C=O) groups excluding carboxylic acids is 2. The van der Waals surface area contributed by atoms with Crippen molar-refractivity contribution in [1.82, 2.24) is 15.3 Å². The molecule has 1 amide bonds. The minimum atomic E-state index is -0.555. The molecule has 0 radical (unpaired) electrons. The molecule has 0 spiro atoms. The lowest BCUT2D eigenvalue weighted by Crippen LogP contribution is -2.24. The molecule has 3 aromatic rings. The third-order valence-corrected chi connectivity index (χ3v) is 4.82. The van der Waals surface area contributed by atoms with Crippen LogP contribution >= 0.6 is 22.9 Å². The second-order valence-electron chi connectivity index (χ2n) is 5.59. The summed E-state index contributed by atoms with van der Waals surface area (Å²) in [6, 6.07) is 5.03. The van der Waals surface area contributed by atoms with Crippen LogP contribution in [0.25, 0.3) is 10.9 Å². The van der Waals surface area contributed by atoms with E-state index in [1.54, 1.807) is 29.9 Å². The van der Waals surface area contributed by atoms with Gasteiger partial charge in [-0.2, -0.15) is 0 Å². The van der Waals surface area contributed by atoms with E-state index in [0.29, 0.717) is 21.5 Å². The van der Waals surface area contributed by atoms with E-state index in [2.05, 4.69) is 15.3 Å². The molecule has 9 heteroatoms. The van der Waals surface area contributed by atoms with Crippen molar-refractivity contribution in [2.45, 2.75) is 13.0 Å². The predicted octanol–water partition coefficient (Wildman–Crippen LogP) is 3.00. The maximum Gasteiger partial charge on any atom is 0.343 e.